The number of hydrogen-bond acceptors (Lipinski definition) is 4. The van der Waals surface area contributed by atoms with Gasteiger partial charge in [0.15, 0.2) is 0 Å². The fraction of sp³-hybridized carbons (Fsp3) is 0.353. The average molecular weight is 318 g/mol. The quantitative estimate of drug-likeness (QED) is 0.622. The van der Waals surface area contributed by atoms with Crippen molar-refractivity contribution in [1.29, 1.82) is 0 Å². The van der Waals surface area contributed by atoms with Gasteiger partial charge in [-0.3, -0.25) is 9.59 Å². The van der Waals surface area contributed by atoms with Gasteiger partial charge in [-0.2, -0.15) is 0 Å². The van der Waals surface area contributed by atoms with Gasteiger partial charge in [0.25, 0.3) is 5.91 Å². The van der Waals surface area contributed by atoms with E-state index in [1.54, 1.807) is 24.3 Å². The fourth-order valence-corrected chi connectivity index (χ4v) is 1.86. The zero-order chi connectivity index (χ0) is 17.4. The minimum atomic E-state index is -0.738. The summed E-state index contributed by atoms with van der Waals surface area (Å²) >= 11 is 0. The number of nitrogens with one attached hydrogen (secondary N) is 2. The highest BCUT2D eigenvalue weighted by Crippen LogP contribution is 2.10. The lowest BCUT2D eigenvalue weighted by Gasteiger charge is -2.15. The second kappa shape index (κ2) is 8.73. The molecule has 2 N–H and O–H groups in total. The molecule has 0 aliphatic carbocycles. The molecule has 0 aliphatic heterocycles. The van der Waals surface area contributed by atoms with Crippen molar-refractivity contribution in [2.45, 2.75) is 33.2 Å². The number of amides is 2. The summed E-state index contributed by atoms with van der Waals surface area (Å²) in [6.45, 7) is 5.23. The maximum absolute atomic E-state index is 12.2. The largest absolute Gasteiger partial charge is 0.467 e. The molecule has 124 valence electrons. The normalized spacial score (nSPS) is 11.1. The van der Waals surface area contributed by atoms with Crippen LogP contribution in [0.4, 0.5) is 5.69 Å². The number of allylic oxidation sites excluding steroid dienone is 1. The SMILES string of the molecule is COC(=O)[C@H](CC=C(C)C)NC(=O)c1ccc(NC(C)=O)cc1. The van der Waals surface area contributed by atoms with E-state index in [-0.39, 0.29) is 11.8 Å². The topological polar surface area (TPSA) is 84.5 Å². The minimum absolute atomic E-state index is 0.185. The molecule has 0 bridgehead atoms. The number of esters is 1. The van der Waals surface area contributed by atoms with Gasteiger partial charge in [0, 0.05) is 18.2 Å². The van der Waals surface area contributed by atoms with Gasteiger partial charge in [-0.05, 0) is 44.5 Å². The van der Waals surface area contributed by atoms with E-state index in [1.807, 2.05) is 19.9 Å². The van der Waals surface area contributed by atoms with Crippen molar-refractivity contribution in [3.63, 3.8) is 0 Å². The van der Waals surface area contributed by atoms with E-state index in [1.165, 1.54) is 14.0 Å². The van der Waals surface area contributed by atoms with Crippen molar-refractivity contribution in [2.24, 2.45) is 0 Å². The number of methoxy groups -OCH3 is 1. The van der Waals surface area contributed by atoms with E-state index in [4.69, 9.17) is 4.74 Å². The molecule has 6 nitrogen and oxygen atoms in total. The molecule has 0 radical (unpaired) electrons. The van der Waals surface area contributed by atoms with Crippen molar-refractivity contribution in [1.82, 2.24) is 5.32 Å². The Morgan fingerprint density at radius 2 is 1.74 bits per heavy atom. The van der Waals surface area contributed by atoms with E-state index < -0.39 is 12.0 Å². The highest BCUT2D eigenvalue weighted by atomic mass is 16.5. The van der Waals surface area contributed by atoms with Crippen LogP contribution in [-0.4, -0.2) is 30.9 Å². The minimum Gasteiger partial charge on any atom is -0.467 e. The Balaban J connectivity index is 2.79. The van der Waals surface area contributed by atoms with Gasteiger partial charge in [-0.25, -0.2) is 4.79 Å². The summed E-state index contributed by atoms with van der Waals surface area (Å²) in [5.41, 5.74) is 2.04. The molecule has 0 heterocycles. The zero-order valence-corrected chi connectivity index (χ0v) is 13.8. The molecular formula is C17H22N2O4. The predicted octanol–water partition coefficient (Wildman–Crippen LogP) is 2.27. The summed E-state index contributed by atoms with van der Waals surface area (Å²) in [5.74, 6) is -1.06. The standard InChI is InChI=1S/C17H22N2O4/c1-11(2)5-10-15(17(22)23-4)19-16(21)13-6-8-14(9-7-13)18-12(3)20/h5-9,15H,10H2,1-4H3,(H,18,20)(H,19,21)/t15-/m0/s1. The summed E-state index contributed by atoms with van der Waals surface area (Å²) in [5, 5.41) is 5.27. The zero-order valence-electron chi connectivity index (χ0n) is 13.8. The third-order valence-electron chi connectivity index (χ3n) is 3.02. The molecule has 0 aromatic heterocycles. The molecule has 1 aromatic carbocycles. The van der Waals surface area contributed by atoms with E-state index >= 15 is 0 Å². The molecule has 0 unspecified atom stereocenters. The average Bonchev–Trinajstić information content (AvgIpc) is 2.50. The first-order valence-electron chi connectivity index (χ1n) is 7.23. The molecular weight excluding hydrogens is 296 g/mol. The Kier molecular flexibility index (Phi) is 6.99. The van der Waals surface area contributed by atoms with Crippen LogP contribution in [0, 0.1) is 0 Å². The van der Waals surface area contributed by atoms with Crippen LogP contribution in [0.15, 0.2) is 35.9 Å². The summed E-state index contributed by atoms with van der Waals surface area (Å²) in [7, 11) is 1.28. The third-order valence-corrected chi connectivity index (χ3v) is 3.02. The molecule has 23 heavy (non-hydrogen) atoms. The Morgan fingerprint density at radius 1 is 1.13 bits per heavy atom. The van der Waals surface area contributed by atoms with Gasteiger partial charge >= 0.3 is 5.97 Å². The number of carbonyl (C=O) groups is 3. The van der Waals surface area contributed by atoms with Gasteiger partial charge in [-0.1, -0.05) is 11.6 Å². The molecule has 0 fully saturated rings. The Labute approximate surface area is 135 Å². The summed E-state index contributed by atoms with van der Waals surface area (Å²) in [6.07, 6.45) is 2.23. The van der Waals surface area contributed by atoms with Gasteiger partial charge in [0.05, 0.1) is 7.11 Å². The molecule has 0 saturated carbocycles. The van der Waals surface area contributed by atoms with Gasteiger partial charge in [0.1, 0.15) is 6.04 Å². The molecule has 0 spiro atoms. The smallest absolute Gasteiger partial charge is 0.328 e. The Morgan fingerprint density at radius 3 is 2.22 bits per heavy atom. The van der Waals surface area contributed by atoms with Crippen molar-refractivity contribution in [2.75, 3.05) is 12.4 Å². The number of anilines is 1. The maximum Gasteiger partial charge on any atom is 0.328 e. The van der Waals surface area contributed by atoms with Crippen LogP contribution in [0.2, 0.25) is 0 Å². The Hall–Kier alpha value is -2.63. The number of ether oxygens (including phenoxy) is 1. The third kappa shape index (κ3) is 6.34. The Bertz CT molecular complexity index is 602. The lowest BCUT2D eigenvalue weighted by Crippen LogP contribution is -2.41. The number of hydrogen-bond donors (Lipinski definition) is 2. The van der Waals surface area contributed by atoms with E-state index in [9.17, 15) is 14.4 Å². The van der Waals surface area contributed by atoms with E-state index in [2.05, 4.69) is 10.6 Å². The number of benzene rings is 1. The van der Waals surface area contributed by atoms with Crippen molar-refractivity contribution in [3.8, 4) is 0 Å². The highest BCUT2D eigenvalue weighted by Gasteiger charge is 2.21. The number of rotatable bonds is 6. The summed E-state index contributed by atoms with van der Waals surface area (Å²) in [4.78, 5) is 34.9. The molecule has 2 amide bonds. The van der Waals surface area contributed by atoms with Crippen LogP contribution < -0.4 is 10.6 Å². The monoisotopic (exact) mass is 318 g/mol. The first-order chi connectivity index (χ1) is 10.8. The second-order valence-corrected chi connectivity index (χ2v) is 5.32. The van der Waals surface area contributed by atoms with Crippen LogP contribution in [0.25, 0.3) is 0 Å². The first-order valence-corrected chi connectivity index (χ1v) is 7.23. The van der Waals surface area contributed by atoms with Crippen LogP contribution in [-0.2, 0) is 14.3 Å². The molecule has 1 atom stereocenters. The van der Waals surface area contributed by atoms with E-state index in [0.717, 1.165) is 5.57 Å². The fourth-order valence-electron chi connectivity index (χ4n) is 1.86. The van der Waals surface area contributed by atoms with Crippen LogP contribution in [0.1, 0.15) is 37.6 Å². The summed E-state index contributed by atoms with van der Waals surface area (Å²) < 4.78 is 4.71. The highest BCUT2D eigenvalue weighted by molar-refractivity contribution is 5.97. The van der Waals surface area contributed by atoms with Gasteiger partial charge < -0.3 is 15.4 Å². The van der Waals surface area contributed by atoms with Crippen molar-refractivity contribution < 1.29 is 19.1 Å². The molecule has 1 rings (SSSR count). The van der Waals surface area contributed by atoms with Crippen LogP contribution >= 0.6 is 0 Å². The second-order valence-electron chi connectivity index (χ2n) is 5.32. The van der Waals surface area contributed by atoms with Gasteiger partial charge in [0.2, 0.25) is 5.91 Å². The molecule has 6 heteroatoms. The maximum atomic E-state index is 12.2. The molecule has 1 aromatic rings. The van der Waals surface area contributed by atoms with Crippen molar-refractivity contribution >= 4 is 23.5 Å². The van der Waals surface area contributed by atoms with Crippen LogP contribution in [0.5, 0.6) is 0 Å². The van der Waals surface area contributed by atoms with E-state index in [0.29, 0.717) is 17.7 Å². The predicted molar refractivity (Wildman–Crippen MR) is 88.1 cm³/mol. The number of carbonyl (C=O) groups excluding carboxylic acids is 3. The van der Waals surface area contributed by atoms with Crippen LogP contribution in [0.3, 0.4) is 0 Å². The molecule has 0 aliphatic rings. The molecule has 0 saturated heterocycles. The summed E-state index contributed by atoms with van der Waals surface area (Å²) in [6, 6.07) is 5.67. The van der Waals surface area contributed by atoms with Crippen molar-refractivity contribution in [3.05, 3.63) is 41.5 Å². The van der Waals surface area contributed by atoms with Gasteiger partial charge in [-0.15, -0.1) is 0 Å². The lowest BCUT2D eigenvalue weighted by atomic mass is 10.1. The lowest BCUT2D eigenvalue weighted by molar-refractivity contribution is -0.142. The first kappa shape index (κ1) is 18.4.